The lowest BCUT2D eigenvalue weighted by molar-refractivity contribution is -0.157. The molecule has 2 atom stereocenters. The van der Waals surface area contributed by atoms with E-state index in [2.05, 4.69) is 5.32 Å². The van der Waals surface area contributed by atoms with Crippen molar-refractivity contribution in [1.29, 1.82) is 0 Å². The van der Waals surface area contributed by atoms with Crippen LogP contribution in [-0.4, -0.2) is 47.9 Å². The lowest BCUT2D eigenvalue weighted by Gasteiger charge is -2.23. The predicted octanol–water partition coefficient (Wildman–Crippen LogP) is 4.46. The summed E-state index contributed by atoms with van der Waals surface area (Å²) in [6.45, 7) is 2.98. The molecule has 1 aliphatic carbocycles. The van der Waals surface area contributed by atoms with E-state index in [0.717, 1.165) is 22.3 Å². The summed E-state index contributed by atoms with van der Waals surface area (Å²) in [5.41, 5.74) is 3.81. The number of aliphatic carboxylic acids is 1. The zero-order valence-corrected chi connectivity index (χ0v) is 19.3. The van der Waals surface area contributed by atoms with Gasteiger partial charge in [-0.15, -0.1) is 0 Å². The van der Waals surface area contributed by atoms with Crippen LogP contribution in [0.3, 0.4) is 0 Å². The largest absolute Gasteiger partial charge is 0.480 e. The summed E-state index contributed by atoms with van der Waals surface area (Å²) >= 11 is 0. The van der Waals surface area contributed by atoms with Crippen molar-refractivity contribution >= 4 is 18.0 Å². The van der Waals surface area contributed by atoms with Crippen molar-refractivity contribution in [2.75, 3.05) is 6.61 Å². The number of nitrogens with one attached hydrogen (secondary N) is 2. The summed E-state index contributed by atoms with van der Waals surface area (Å²) in [5, 5.41) is 13.1. The monoisotopic (exact) mass is 492 g/mol. The summed E-state index contributed by atoms with van der Waals surface area (Å²) in [4.78, 5) is 35.5. The van der Waals surface area contributed by atoms with Crippen LogP contribution < -0.4 is 10.6 Å². The Morgan fingerprint density at radius 1 is 0.971 bits per heavy atom. The summed E-state index contributed by atoms with van der Waals surface area (Å²) in [6, 6.07) is 11.6. The van der Waals surface area contributed by atoms with E-state index in [1.165, 1.54) is 0 Å². The molecule has 35 heavy (non-hydrogen) atoms. The number of alkyl carbamates (subject to hydrolysis) is 1. The topological polar surface area (TPSA) is 105 Å². The van der Waals surface area contributed by atoms with Crippen LogP contribution in [-0.2, 0) is 14.3 Å². The van der Waals surface area contributed by atoms with E-state index >= 15 is 0 Å². The van der Waals surface area contributed by atoms with Crippen LogP contribution in [0.15, 0.2) is 48.5 Å². The Balaban J connectivity index is 1.60. The molecule has 0 saturated heterocycles. The summed E-state index contributed by atoms with van der Waals surface area (Å²) in [6.07, 6.45) is -7.45. The number of carboxylic acids is 1. The number of hydrogen-bond donors (Lipinski definition) is 3. The van der Waals surface area contributed by atoms with Gasteiger partial charge in [0.1, 0.15) is 18.7 Å². The molecule has 1 unspecified atom stereocenters. The van der Waals surface area contributed by atoms with Gasteiger partial charge >= 0.3 is 18.2 Å². The molecule has 0 bridgehead atoms. The fourth-order valence-corrected chi connectivity index (χ4v) is 4.13. The molecule has 0 aromatic heterocycles. The third-order valence-corrected chi connectivity index (χ3v) is 5.94. The number of fused-ring (bicyclic) bond motifs is 3. The average molecular weight is 492 g/mol. The molecule has 0 spiro atoms. The lowest BCUT2D eigenvalue weighted by atomic mass is 9.98. The molecule has 3 rings (SSSR count). The van der Waals surface area contributed by atoms with Gasteiger partial charge in [0.25, 0.3) is 0 Å². The first kappa shape index (κ1) is 26.1. The predicted molar refractivity (Wildman–Crippen MR) is 122 cm³/mol. The highest BCUT2D eigenvalue weighted by molar-refractivity contribution is 5.83. The second-order valence-electron chi connectivity index (χ2n) is 8.73. The van der Waals surface area contributed by atoms with Gasteiger partial charge in [0, 0.05) is 12.3 Å². The van der Waals surface area contributed by atoms with E-state index in [0.29, 0.717) is 0 Å². The van der Waals surface area contributed by atoms with Gasteiger partial charge in [-0.25, -0.2) is 9.59 Å². The number of benzene rings is 2. The van der Waals surface area contributed by atoms with Crippen LogP contribution in [0.5, 0.6) is 0 Å². The number of carbonyl (C=O) groups is 3. The van der Waals surface area contributed by atoms with Crippen LogP contribution in [0.25, 0.3) is 11.1 Å². The molecule has 2 aromatic rings. The Morgan fingerprint density at radius 2 is 1.51 bits per heavy atom. The minimum atomic E-state index is -4.82. The number of alkyl halides is 3. The lowest BCUT2D eigenvalue weighted by Crippen LogP contribution is -2.48. The van der Waals surface area contributed by atoms with Crippen LogP contribution in [0, 0.1) is 5.92 Å². The number of amides is 2. The highest BCUT2D eigenvalue weighted by atomic mass is 19.4. The Labute approximate surface area is 200 Å². The molecule has 188 valence electrons. The number of ether oxygens (including phenoxy) is 1. The second kappa shape index (κ2) is 10.8. The minimum absolute atomic E-state index is 0.153. The zero-order valence-electron chi connectivity index (χ0n) is 19.3. The van der Waals surface area contributed by atoms with Gasteiger partial charge in [-0.1, -0.05) is 62.4 Å². The fourth-order valence-electron chi connectivity index (χ4n) is 4.13. The smallest absolute Gasteiger partial charge is 0.408 e. The van der Waals surface area contributed by atoms with E-state index in [4.69, 9.17) is 9.84 Å². The van der Waals surface area contributed by atoms with Gasteiger partial charge in [-0.2, -0.15) is 13.2 Å². The van der Waals surface area contributed by atoms with E-state index < -0.39 is 55.0 Å². The molecule has 0 fully saturated rings. The number of halogens is 3. The first-order valence-electron chi connectivity index (χ1n) is 11.2. The van der Waals surface area contributed by atoms with Gasteiger partial charge in [0.2, 0.25) is 5.91 Å². The van der Waals surface area contributed by atoms with Gasteiger partial charge in [-0.3, -0.25) is 4.79 Å². The fraction of sp³-hybridized carbons (Fsp3) is 0.400. The Bertz CT molecular complexity index is 1040. The maximum Gasteiger partial charge on any atom is 0.408 e. The van der Waals surface area contributed by atoms with Gasteiger partial charge in [0.05, 0.1) is 0 Å². The highest BCUT2D eigenvalue weighted by Crippen LogP contribution is 2.44. The third kappa shape index (κ3) is 6.32. The second-order valence-corrected chi connectivity index (χ2v) is 8.73. The maximum atomic E-state index is 13.5. The molecule has 3 N–H and O–H groups in total. The number of rotatable bonds is 9. The average Bonchev–Trinajstić information content (AvgIpc) is 3.11. The van der Waals surface area contributed by atoms with E-state index in [-0.39, 0.29) is 12.5 Å². The molecule has 2 aromatic carbocycles. The molecule has 2 amide bonds. The number of carboxylic acid groups (broad SMARTS) is 1. The summed E-state index contributed by atoms with van der Waals surface area (Å²) < 4.78 is 45.6. The molecule has 0 aliphatic heterocycles. The van der Waals surface area contributed by atoms with E-state index in [9.17, 15) is 27.6 Å². The first-order valence-corrected chi connectivity index (χ1v) is 11.2. The Kier molecular flexibility index (Phi) is 8.03. The van der Waals surface area contributed by atoms with Crippen molar-refractivity contribution in [3.63, 3.8) is 0 Å². The van der Waals surface area contributed by atoms with E-state index in [1.807, 2.05) is 48.5 Å². The molecule has 1 aliphatic rings. The molecule has 7 nitrogen and oxygen atoms in total. The standard InChI is InChI=1S/C25H27F3N2O5/c1-14(2)22(23(32)33)30-21(31)12-11-20(25(26,27)28)29-24(34)35-13-19-17-9-5-3-7-15(17)16-8-4-6-10-18(16)19/h3-10,14,19-20,22H,11-13H2,1-2H3,(H,29,34)(H,30,31)(H,32,33)/t20-,22?/m0/s1. The summed E-state index contributed by atoms with van der Waals surface area (Å²) in [7, 11) is 0. The minimum Gasteiger partial charge on any atom is -0.480 e. The van der Waals surface area contributed by atoms with E-state index in [1.54, 1.807) is 19.2 Å². The molecule has 0 heterocycles. The maximum absolute atomic E-state index is 13.5. The Hall–Kier alpha value is -3.56. The summed E-state index contributed by atoms with van der Waals surface area (Å²) in [5.74, 6) is -2.90. The van der Waals surface area contributed by atoms with Crippen molar-refractivity contribution < 1.29 is 37.4 Å². The van der Waals surface area contributed by atoms with Gasteiger partial charge in [-0.05, 0) is 34.6 Å². The molecule has 10 heteroatoms. The first-order chi connectivity index (χ1) is 16.5. The SMILES string of the molecule is CC(C)C(NC(=O)CC[C@H](NC(=O)OCC1c2ccccc2-c2ccccc21)C(F)(F)F)C(=O)O. The van der Waals surface area contributed by atoms with Gasteiger partial charge in [0.15, 0.2) is 0 Å². The zero-order chi connectivity index (χ0) is 25.8. The highest BCUT2D eigenvalue weighted by Gasteiger charge is 2.41. The Morgan fingerprint density at radius 3 is 2.00 bits per heavy atom. The normalized spacial score (nSPS) is 14.6. The number of hydrogen-bond acceptors (Lipinski definition) is 4. The molecule has 0 radical (unpaired) electrons. The van der Waals surface area contributed by atoms with Crippen molar-refractivity contribution in [1.82, 2.24) is 10.6 Å². The van der Waals surface area contributed by atoms with Crippen LogP contribution in [0.2, 0.25) is 0 Å². The molecular weight excluding hydrogens is 465 g/mol. The van der Waals surface area contributed by atoms with Crippen LogP contribution >= 0.6 is 0 Å². The number of carbonyl (C=O) groups excluding carboxylic acids is 2. The molecular formula is C25H27F3N2O5. The third-order valence-electron chi connectivity index (χ3n) is 5.94. The van der Waals surface area contributed by atoms with Crippen LogP contribution in [0.4, 0.5) is 18.0 Å². The van der Waals surface area contributed by atoms with Crippen molar-refractivity contribution in [3.8, 4) is 11.1 Å². The van der Waals surface area contributed by atoms with Crippen molar-refractivity contribution in [3.05, 3.63) is 59.7 Å². The quantitative estimate of drug-likeness (QED) is 0.479. The van der Waals surface area contributed by atoms with Crippen molar-refractivity contribution in [2.24, 2.45) is 5.92 Å². The van der Waals surface area contributed by atoms with Crippen molar-refractivity contribution in [2.45, 2.75) is 50.9 Å². The van der Waals surface area contributed by atoms with Crippen LogP contribution in [0.1, 0.15) is 43.7 Å². The van der Waals surface area contributed by atoms with Gasteiger partial charge < -0.3 is 20.5 Å². The molecule has 0 saturated carbocycles.